The van der Waals surface area contributed by atoms with Crippen LogP contribution in [0, 0.1) is 5.92 Å². The molecule has 1 aromatic carbocycles. The van der Waals surface area contributed by atoms with Crippen molar-refractivity contribution in [3.05, 3.63) is 35.9 Å². The Hall–Kier alpha value is -1.59. The van der Waals surface area contributed by atoms with E-state index in [0.717, 1.165) is 5.56 Å². The van der Waals surface area contributed by atoms with E-state index in [-0.39, 0.29) is 36.2 Å². The largest absolute Gasteiger partial charge is 0.354 e. The Labute approximate surface area is 131 Å². The van der Waals surface area contributed by atoms with Crippen molar-refractivity contribution in [1.82, 2.24) is 10.2 Å². The van der Waals surface area contributed by atoms with Gasteiger partial charge in [0.15, 0.2) is 0 Å². The van der Waals surface area contributed by atoms with Crippen LogP contribution in [0.1, 0.15) is 24.9 Å². The first-order valence-electron chi connectivity index (χ1n) is 6.97. The highest BCUT2D eigenvalue weighted by molar-refractivity contribution is 5.89. The Morgan fingerprint density at radius 1 is 1.43 bits per heavy atom. The van der Waals surface area contributed by atoms with E-state index in [1.165, 1.54) is 0 Å². The van der Waals surface area contributed by atoms with Gasteiger partial charge in [-0.3, -0.25) is 9.59 Å². The first-order chi connectivity index (χ1) is 9.61. The minimum atomic E-state index is -0.245. The number of nitrogens with two attached hydrogens (primary N) is 1. The molecule has 116 valence electrons. The second-order valence-corrected chi connectivity index (χ2v) is 5.10. The van der Waals surface area contributed by atoms with Crippen LogP contribution in [0.2, 0.25) is 0 Å². The third kappa shape index (κ3) is 4.44. The molecule has 2 atom stereocenters. The summed E-state index contributed by atoms with van der Waals surface area (Å²) in [7, 11) is 0. The smallest absolute Gasteiger partial charge is 0.225 e. The average molecular weight is 312 g/mol. The van der Waals surface area contributed by atoms with E-state index < -0.39 is 0 Å². The quantitative estimate of drug-likeness (QED) is 0.855. The molecule has 1 saturated heterocycles. The van der Waals surface area contributed by atoms with Gasteiger partial charge in [0.25, 0.3) is 0 Å². The highest BCUT2D eigenvalue weighted by Crippen LogP contribution is 2.17. The number of halogens is 1. The van der Waals surface area contributed by atoms with E-state index in [1.54, 1.807) is 4.90 Å². The molecule has 1 heterocycles. The number of hydrogen-bond acceptors (Lipinski definition) is 3. The summed E-state index contributed by atoms with van der Waals surface area (Å²) in [6, 6.07) is 9.43. The number of amides is 2. The van der Waals surface area contributed by atoms with E-state index in [0.29, 0.717) is 26.1 Å². The molecular formula is C15H22ClN3O2. The van der Waals surface area contributed by atoms with Gasteiger partial charge in [-0.15, -0.1) is 12.4 Å². The number of rotatable bonds is 5. The van der Waals surface area contributed by atoms with Crippen molar-refractivity contribution in [1.29, 1.82) is 0 Å². The van der Waals surface area contributed by atoms with Crippen molar-refractivity contribution < 1.29 is 9.59 Å². The Kier molecular flexibility index (Phi) is 6.65. The van der Waals surface area contributed by atoms with E-state index in [2.05, 4.69) is 5.32 Å². The van der Waals surface area contributed by atoms with Gasteiger partial charge >= 0.3 is 0 Å². The Bertz CT molecular complexity index is 481. The number of carbonyl (C=O) groups excluding carboxylic acids is 2. The predicted molar refractivity (Wildman–Crippen MR) is 84.0 cm³/mol. The number of carbonyl (C=O) groups is 2. The molecule has 2 amide bonds. The van der Waals surface area contributed by atoms with Crippen molar-refractivity contribution >= 4 is 24.2 Å². The number of likely N-dealkylation sites (tertiary alicyclic amines) is 1. The van der Waals surface area contributed by atoms with Gasteiger partial charge in [-0.25, -0.2) is 0 Å². The minimum absolute atomic E-state index is 0. The van der Waals surface area contributed by atoms with Crippen LogP contribution in [-0.2, 0) is 9.59 Å². The van der Waals surface area contributed by atoms with Crippen molar-refractivity contribution in [3.63, 3.8) is 0 Å². The lowest BCUT2D eigenvalue weighted by Gasteiger charge is -2.16. The van der Waals surface area contributed by atoms with Crippen LogP contribution in [0.15, 0.2) is 30.3 Å². The maximum Gasteiger partial charge on any atom is 0.225 e. The third-order valence-corrected chi connectivity index (χ3v) is 3.69. The van der Waals surface area contributed by atoms with Crippen molar-refractivity contribution in [2.45, 2.75) is 19.4 Å². The van der Waals surface area contributed by atoms with E-state index in [1.807, 2.05) is 37.3 Å². The molecule has 2 unspecified atom stereocenters. The van der Waals surface area contributed by atoms with Crippen LogP contribution >= 0.6 is 12.4 Å². The SMILES string of the molecule is CCN1CC(C(=O)NCC(N)c2ccccc2)CC1=O.Cl. The lowest BCUT2D eigenvalue weighted by Crippen LogP contribution is -2.37. The monoisotopic (exact) mass is 311 g/mol. The van der Waals surface area contributed by atoms with Gasteiger partial charge in [0.2, 0.25) is 11.8 Å². The van der Waals surface area contributed by atoms with Crippen LogP contribution in [0.3, 0.4) is 0 Å². The Morgan fingerprint density at radius 3 is 2.67 bits per heavy atom. The maximum absolute atomic E-state index is 12.0. The molecule has 2 rings (SSSR count). The van der Waals surface area contributed by atoms with Gasteiger partial charge in [-0.2, -0.15) is 0 Å². The highest BCUT2D eigenvalue weighted by Gasteiger charge is 2.33. The second-order valence-electron chi connectivity index (χ2n) is 5.10. The molecule has 0 radical (unpaired) electrons. The zero-order valence-corrected chi connectivity index (χ0v) is 12.9. The van der Waals surface area contributed by atoms with Gasteiger partial charge < -0.3 is 16.0 Å². The average Bonchev–Trinajstić information content (AvgIpc) is 2.86. The molecule has 0 aromatic heterocycles. The first-order valence-corrected chi connectivity index (χ1v) is 6.97. The summed E-state index contributed by atoms with van der Waals surface area (Å²) in [6.45, 7) is 3.48. The molecule has 1 aliphatic heterocycles. The molecule has 1 fully saturated rings. The lowest BCUT2D eigenvalue weighted by molar-refractivity contribution is -0.128. The molecule has 1 aromatic rings. The molecule has 1 aliphatic rings. The fourth-order valence-electron chi connectivity index (χ4n) is 2.43. The zero-order valence-electron chi connectivity index (χ0n) is 12.1. The van der Waals surface area contributed by atoms with Crippen molar-refractivity contribution in [2.75, 3.05) is 19.6 Å². The van der Waals surface area contributed by atoms with Crippen LogP contribution in [-0.4, -0.2) is 36.3 Å². The van der Waals surface area contributed by atoms with Crippen LogP contribution in [0.25, 0.3) is 0 Å². The summed E-state index contributed by atoms with van der Waals surface area (Å²) < 4.78 is 0. The first kappa shape index (κ1) is 17.5. The molecule has 3 N–H and O–H groups in total. The third-order valence-electron chi connectivity index (χ3n) is 3.69. The Balaban J connectivity index is 0.00000220. The van der Waals surface area contributed by atoms with Crippen LogP contribution in [0.4, 0.5) is 0 Å². The van der Waals surface area contributed by atoms with Crippen LogP contribution in [0.5, 0.6) is 0 Å². The van der Waals surface area contributed by atoms with E-state index >= 15 is 0 Å². The molecule has 0 spiro atoms. The van der Waals surface area contributed by atoms with Crippen molar-refractivity contribution in [3.8, 4) is 0 Å². The summed E-state index contributed by atoms with van der Waals surface area (Å²) in [5.41, 5.74) is 7.02. The number of nitrogens with one attached hydrogen (secondary N) is 1. The molecule has 21 heavy (non-hydrogen) atoms. The van der Waals surface area contributed by atoms with Gasteiger partial charge in [0.1, 0.15) is 0 Å². The number of hydrogen-bond donors (Lipinski definition) is 2. The lowest BCUT2D eigenvalue weighted by atomic mass is 10.1. The standard InChI is InChI=1S/C15H21N3O2.ClH/c1-2-18-10-12(8-14(18)19)15(20)17-9-13(16)11-6-4-3-5-7-11;/h3-7,12-13H,2,8-10,16H2,1H3,(H,17,20);1H. The summed E-state index contributed by atoms with van der Waals surface area (Å²) in [4.78, 5) is 25.4. The highest BCUT2D eigenvalue weighted by atomic mass is 35.5. The molecule has 5 nitrogen and oxygen atoms in total. The number of nitrogens with zero attached hydrogens (tertiary/aromatic N) is 1. The molecule has 0 saturated carbocycles. The van der Waals surface area contributed by atoms with Gasteiger partial charge in [-0.1, -0.05) is 30.3 Å². The van der Waals surface area contributed by atoms with Crippen molar-refractivity contribution in [2.24, 2.45) is 11.7 Å². The summed E-state index contributed by atoms with van der Waals surface area (Å²) in [5, 5.41) is 2.85. The fraction of sp³-hybridized carbons (Fsp3) is 0.467. The molecule has 6 heteroatoms. The predicted octanol–water partition coefficient (Wildman–Crippen LogP) is 1.09. The Morgan fingerprint density at radius 2 is 2.10 bits per heavy atom. The molecule has 0 aliphatic carbocycles. The van der Waals surface area contributed by atoms with Gasteiger partial charge in [0, 0.05) is 32.1 Å². The number of benzene rings is 1. The molecular weight excluding hydrogens is 290 g/mol. The zero-order chi connectivity index (χ0) is 14.5. The second kappa shape index (κ2) is 8.00. The maximum atomic E-state index is 12.0. The summed E-state index contributed by atoms with van der Waals surface area (Å²) >= 11 is 0. The van der Waals surface area contributed by atoms with Crippen LogP contribution < -0.4 is 11.1 Å². The molecule has 0 bridgehead atoms. The van der Waals surface area contributed by atoms with E-state index in [9.17, 15) is 9.59 Å². The normalized spacial score (nSPS) is 19.0. The summed E-state index contributed by atoms with van der Waals surface area (Å²) in [5.74, 6) is -0.272. The van der Waals surface area contributed by atoms with E-state index in [4.69, 9.17) is 5.73 Å². The topological polar surface area (TPSA) is 75.4 Å². The van der Waals surface area contributed by atoms with Gasteiger partial charge in [-0.05, 0) is 12.5 Å². The minimum Gasteiger partial charge on any atom is -0.354 e. The van der Waals surface area contributed by atoms with Gasteiger partial charge in [0.05, 0.1) is 5.92 Å². The summed E-state index contributed by atoms with van der Waals surface area (Å²) in [6.07, 6.45) is 0.306. The fourth-order valence-corrected chi connectivity index (χ4v) is 2.43.